The third-order valence-corrected chi connectivity index (χ3v) is 12.0. The molecule has 1 aliphatic rings. The van der Waals surface area contributed by atoms with E-state index in [9.17, 15) is 0 Å². The lowest BCUT2D eigenvalue weighted by atomic mass is 9.88. The molecule has 292 valence electrons. The van der Waals surface area contributed by atoms with E-state index in [1.165, 1.54) is 61.2 Å². The third kappa shape index (κ3) is 7.25. The van der Waals surface area contributed by atoms with Crippen LogP contribution in [0.5, 0.6) is 0 Å². The average Bonchev–Trinajstić information content (AvgIpc) is 3.35. The Balaban J connectivity index is 0.969. The molecule has 0 saturated heterocycles. The largest absolute Gasteiger partial charge is 0.355 e. The Morgan fingerprint density at radius 3 is 1.34 bits per heavy atom. The summed E-state index contributed by atoms with van der Waals surface area (Å²) in [6.07, 6.45) is 0. The second kappa shape index (κ2) is 16.1. The number of fused-ring (bicyclic) bond motifs is 8. The summed E-state index contributed by atoms with van der Waals surface area (Å²) < 4.78 is 0. The summed E-state index contributed by atoms with van der Waals surface area (Å²) in [6.45, 7) is 0. The van der Waals surface area contributed by atoms with Gasteiger partial charge in [-0.15, -0.1) is 0 Å². The van der Waals surface area contributed by atoms with Crippen molar-refractivity contribution in [3.8, 4) is 89.0 Å². The van der Waals surface area contributed by atoms with E-state index in [2.05, 4.69) is 253 Å². The first-order chi connectivity index (χ1) is 30.7. The zero-order valence-electron chi connectivity index (χ0n) is 34.1. The Morgan fingerprint density at radius 2 is 0.645 bits per heavy atom. The quantitative estimate of drug-likeness (QED) is 0.168. The van der Waals surface area contributed by atoms with Crippen LogP contribution < -0.4 is 10.6 Å². The van der Waals surface area contributed by atoms with Gasteiger partial charge in [0.2, 0.25) is 0 Å². The first-order valence-corrected chi connectivity index (χ1v) is 21.2. The second-order valence-electron chi connectivity index (χ2n) is 15.9. The normalized spacial score (nSPS) is 11.4. The van der Waals surface area contributed by atoms with Crippen LogP contribution in [0.3, 0.4) is 0 Å². The molecule has 0 aromatic heterocycles. The highest BCUT2D eigenvalue weighted by atomic mass is 14.9. The molecular weight excluding hydrogens is 749 g/mol. The van der Waals surface area contributed by atoms with Gasteiger partial charge in [-0.25, -0.2) is 0 Å². The van der Waals surface area contributed by atoms with Crippen LogP contribution in [0.2, 0.25) is 0 Å². The van der Waals surface area contributed by atoms with E-state index >= 15 is 0 Å². The van der Waals surface area contributed by atoms with Crippen LogP contribution in [0, 0.1) is 0 Å². The van der Waals surface area contributed by atoms with Gasteiger partial charge in [-0.1, -0.05) is 188 Å². The molecule has 11 rings (SSSR count). The molecule has 0 radical (unpaired) electrons. The Morgan fingerprint density at radius 1 is 0.226 bits per heavy atom. The fourth-order valence-electron chi connectivity index (χ4n) is 8.83. The van der Waals surface area contributed by atoms with Gasteiger partial charge < -0.3 is 10.6 Å². The highest BCUT2D eigenvalue weighted by Crippen LogP contribution is 2.45. The molecule has 1 heterocycles. The lowest BCUT2D eigenvalue weighted by Crippen LogP contribution is -2.00. The Labute approximate surface area is 363 Å². The van der Waals surface area contributed by atoms with Crippen LogP contribution in [0.15, 0.2) is 243 Å². The summed E-state index contributed by atoms with van der Waals surface area (Å²) in [5.41, 5.74) is 23.1. The van der Waals surface area contributed by atoms with Crippen molar-refractivity contribution in [3.05, 3.63) is 243 Å². The smallest absolute Gasteiger partial charge is 0.0464 e. The maximum Gasteiger partial charge on any atom is 0.0464 e. The molecular formula is C60H42N2. The Hall–Kier alpha value is -8.20. The summed E-state index contributed by atoms with van der Waals surface area (Å²) in [5.74, 6) is 0. The maximum atomic E-state index is 3.91. The van der Waals surface area contributed by atoms with E-state index in [1.807, 2.05) is 0 Å². The van der Waals surface area contributed by atoms with Gasteiger partial charge in [0.1, 0.15) is 0 Å². The van der Waals surface area contributed by atoms with Crippen molar-refractivity contribution >= 4 is 22.7 Å². The molecule has 2 bridgehead atoms. The number of anilines is 4. The maximum absolute atomic E-state index is 3.91. The number of benzene rings is 10. The number of hydrogen-bond acceptors (Lipinski definition) is 2. The lowest BCUT2D eigenvalue weighted by Gasteiger charge is -2.22. The Bertz CT molecular complexity index is 3210. The standard InChI is InChI=1S/C60H42N2/c1-4-14-41(15-5-1)43-26-28-44(29-27-43)46-20-13-23-52(37-46)61-58-33-31-48(38-55(58)45-18-8-3-9-19-45)49-32-34-59-56(39-49)51-22-12-21-50(36-51)53-24-10-11-25-54(53)57-40-47(30-35-60(57)62-59)42-16-6-2-7-17-42/h1-40,61-62H. The zero-order chi connectivity index (χ0) is 41.2. The van der Waals surface area contributed by atoms with Crippen LogP contribution in [0.1, 0.15) is 0 Å². The van der Waals surface area contributed by atoms with E-state index in [4.69, 9.17) is 0 Å². The van der Waals surface area contributed by atoms with Crippen LogP contribution in [0.25, 0.3) is 89.0 Å². The third-order valence-electron chi connectivity index (χ3n) is 12.0. The highest BCUT2D eigenvalue weighted by Gasteiger charge is 2.19. The van der Waals surface area contributed by atoms with Crippen LogP contribution in [0.4, 0.5) is 22.7 Å². The van der Waals surface area contributed by atoms with Crippen molar-refractivity contribution in [3.63, 3.8) is 0 Å². The molecule has 2 N–H and O–H groups in total. The van der Waals surface area contributed by atoms with Gasteiger partial charge >= 0.3 is 0 Å². The van der Waals surface area contributed by atoms with Crippen molar-refractivity contribution in [1.82, 2.24) is 0 Å². The average molecular weight is 791 g/mol. The van der Waals surface area contributed by atoms with Gasteiger partial charge in [-0.2, -0.15) is 0 Å². The molecule has 0 fully saturated rings. The van der Waals surface area contributed by atoms with Crippen molar-refractivity contribution in [2.75, 3.05) is 10.6 Å². The van der Waals surface area contributed by atoms with Crippen molar-refractivity contribution < 1.29 is 0 Å². The summed E-state index contributed by atoms with van der Waals surface area (Å²) >= 11 is 0. The molecule has 0 saturated carbocycles. The molecule has 10 aromatic carbocycles. The summed E-state index contributed by atoms with van der Waals surface area (Å²) in [7, 11) is 0. The molecule has 2 nitrogen and oxygen atoms in total. The molecule has 0 atom stereocenters. The van der Waals surface area contributed by atoms with Crippen molar-refractivity contribution in [1.29, 1.82) is 0 Å². The van der Waals surface area contributed by atoms with Gasteiger partial charge in [-0.05, 0) is 127 Å². The monoisotopic (exact) mass is 790 g/mol. The summed E-state index contributed by atoms with van der Waals surface area (Å²) in [6, 6.07) is 87.5. The van der Waals surface area contributed by atoms with Gasteiger partial charge in [-0.3, -0.25) is 0 Å². The van der Waals surface area contributed by atoms with Crippen molar-refractivity contribution in [2.24, 2.45) is 0 Å². The van der Waals surface area contributed by atoms with Gasteiger partial charge in [0, 0.05) is 39.4 Å². The van der Waals surface area contributed by atoms with Crippen LogP contribution >= 0.6 is 0 Å². The minimum Gasteiger partial charge on any atom is -0.355 e. The number of rotatable bonds is 7. The predicted molar refractivity (Wildman–Crippen MR) is 263 cm³/mol. The molecule has 2 heteroatoms. The highest BCUT2D eigenvalue weighted by molar-refractivity contribution is 5.97. The van der Waals surface area contributed by atoms with Gasteiger partial charge in [0.15, 0.2) is 0 Å². The lowest BCUT2D eigenvalue weighted by molar-refractivity contribution is 1.49. The predicted octanol–water partition coefficient (Wildman–Crippen LogP) is 16.8. The van der Waals surface area contributed by atoms with E-state index in [0.29, 0.717) is 0 Å². The fourth-order valence-corrected chi connectivity index (χ4v) is 8.83. The number of nitrogens with one attached hydrogen (secondary N) is 2. The topological polar surface area (TPSA) is 24.1 Å². The van der Waals surface area contributed by atoms with E-state index in [1.54, 1.807) is 0 Å². The summed E-state index contributed by atoms with van der Waals surface area (Å²) in [4.78, 5) is 0. The zero-order valence-corrected chi connectivity index (χ0v) is 34.1. The van der Waals surface area contributed by atoms with E-state index in [0.717, 1.165) is 50.6 Å². The summed E-state index contributed by atoms with van der Waals surface area (Å²) in [5, 5.41) is 7.71. The van der Waals surface area contributed by atoms with Crippen LogP contribution in [-0.4, -0.2) is 0 Å². The molecule has 0 aliphatic carbocycles. The second-order valence-corrected chi connectivity index (χ2v) is 15.9. The minimum absolute atomic E-state index is 1.04. The molecule has 0 unspecified atom stereocenters. The van der Waals surface area contributed by atoms with E-state index in [-0.39, 0.29) is 0 Å². The van der Waals surface area contributed by atoms with Crippen LogP contribution in [-0.2, 0) is 0 Å². The van der Waals surface area contributed by atoms with Gasteiger partial charge in [0.25, 0.3) is 0 Å². The number of hydrogen-bond donors (Lipinski definition) is 2. The van der Waals surface area contributed by atoms with E-state index < -0.39 is 0 Å². The fraction of sp³-hybridized carbons (Fsp3) is 0. The molecule has 1 aliphatic heterocycles. The molecule has 0 spiro atoms. The molecule has 10 aromatic rings. The first kappa shape index (κ1) is 36.8. The van der Waals surface area contributed by atoms with Gasteiger partial charge in [0.05, 0.1) is 0 Å². The van der Waals surface area contributed by atoms with Crippen molar-refractivity contribution in [2.45, 2.75) is 0 Å². The molecule has 0 amide bonds. The Kier molecular flexibility index (Phi) is 9.57. The SMILES string of the molecule is c1ccc(-c2ccc(-c3cccc(Nc4ccc(-c5ccc6c(c5)-c5cccc(c5)-c5ccccc5-c5cc(-c7ccccc7)ccc5N6)cc4-c4ccccc4)c3)cc2)cc1. The first-order valence-electron chi connectivity index (χ1n) is 21.2. The minimum atomic E-state index is 1.04. The molecule has 62 heavy (non-hydrogen) atoms.